The SMILES string of the molecule is CC(C)(C)OOCc1cccc2ccc3ccccc3c12. The smallest absolute Gasteiger partial charge is 0.108 e. The Hall–Kier alpha value is -1.90. The summed E-state index contributed by atoms with van der Waals surface area (Å²) in [6.45, 7) is 6.38. The van der Waals surface area contributed by atoms with E-state index in [4.69, 9.17) is 9.78 Å². The molecule has 21 heavy (non-hydrogen) atoms. The quantitative estimate of drug-likeness (QED) is 0.371. The lowest BCUT2D eigenvalue weighted by Gasteiger charge is -2.18. The van der Waals surface area contributed by atoms with Crippen LogP contribution in [-0.2, 0) is 16.4 Å². The highest BCUT2D eigenvalue weighted by atomic mass is 17.2. The van der Waals surface area contributed by atoms with Crippen molar-refractivity contribution in [3.63, 3.8) is 0 Å². The Morgan fingerprint density at radius 2 is 1.52 bits per heavy atom. The van der Waals surface area contributed by atoms with Gasteiger partial charge in [-0.1, -0.05) is 54.6 Å². The second kappa shape index (κ2) is 5.47. The first-order chi connectivity index (χ1) is 10.0. The van der Waals surface area contributed by atoms with Crippen molar-refractivity contribution in [2.24, 2.45) is 0 Å². The maximum absolute atomic E-state index is 5.44. The lowest BCUT2D eigenvalue weighted by molar-refractivity contribution is -0.356. The summed E-state index contributed by atoms with van der Waals surface area (Å²) in [6, 6.07) is 19.0. The summed E-state index contributed by atoms with van der Waals surface area (Å²) in [5, 5.41) is 4.97. The highest BCUT2D eigenvalue weighted by Gasteiger charge is 2.12. The Morgan fingerprint density at radius 1 is 0.810 bits per heavy atom. The molecule has 3 rings (SSSR count). The third-order valence-corrected chi connectivity index (χ3v) is 3.38. The lowest BCUT2D eigenvalue weighted by atomic mass is 9.98. The van der Waals surface area contributed by atoms with Crippen molar-refractivity contribution in [2.75, 3.05) is 0 Å². The number of hydrogen-bond acceptors (Lipinski definition) is 2. The molecule has 3 aromatic carbocycles. The van der Waals surface area contributed by atoms with Gasteiger partial charge in [-0.3, -0.25) is 0 Å². The molecule has 0 spiro atoms. The van der Waals surface area contributed by atoms with Gasteiger partial charge in [0.25, 0.3) is 0 Å². The molecular formula is C19H20O2. The Labute approximate surface area is 125 Å². The molecule has 0 aromatic heterocycles. The first-order valence-electron chi connectivity index (χ1n) is 7.25. The van der Waals surface area contributed by atoms with E-state index in [-0.39, 0.29) is 5.60 Å². The van der Waals surface area contributed by atoms with Crippen LogP contribution in [0, 0.1) is 0 Å². The van der Waals surface area contributed by atoms with Gasteiger partial charge in [0.2, 0.25) is 0 Å². The van der Waals surface area contributed by atoms with Gasteiger partial charge >= 0.3 is 0 Å². The fourth-order valence-corrected chi connectivity index (χ4v) is 2.53. The third kappa shape index (κ3) is 3.07. The molecule has 0 saturated carbocycles. The molecule has 0 N–H and O–H groups in total. The average Bonchev–Trinajstić information content (AvgIpc) is 2.46. The largest absolute Gasteiger partial charge is 0.231 e. The van der Waals surface area contributed by atoms with E-state index < -0.39 is 0 Å². The monoisotopic (exact) mass is 280 g/mol. The zero-order chi connectivity index (χ0) is 14.9. The zero-order valence-corrected chi connectivity index (χ0v) is 12.7. The number of rotatable bonds is 3. The van der Waals surface area contributed by atoms with Crippen molar-refractivity contribution >= 4 is 21.5 Å². The third-order valence-electron chi connectivity index (χ3n) is 3.38. The summed E-state index contributed by atoms with van der Waals surface area (Å²) in [5.41, 5.74) is 0.848. The van der Waals surface area contributed by atoms with E-state index in [1.165, 1.54) is 21.5 Å². The first kappa shape index (κ1) is 14.1. The molecule has 0 saturated heterocycles. The molecule has 0 aliphatic carbocycles. The predicted molar refractivity (Wildman–Crippen MR) is 87.1 cm³/mol. The topological polar surface area (TPSA) is 18.5 Å². The molecule has 0 amide bonds. The first-order valence-corrected chi connectivity index (χ1v) is 7.25. The van der Waals surface area contributed by atoms with Gasteiger partial charge in [0, 0.05) is 0 Å². The average molecular weight is 280 g/mol. The van der Waals surface area contributed by atoms with E-state index in [1.807, 2.05) is 20.8 Å². The minimum absolute atomic E-state index is 0.299. The van der Waals surface area contributed by atoms with Crippen molar-refractivity contribution in [2.45, 2.75) is 33.0 Å². The molecule has 0 atom stereocenters. The van der Waals surface area contributed by atoms with Gasteiger partial charge in [0.05, 0.1) is 5.60 Å². The minimum atomic E-state index is -0.299. The summed E-state index contributed by atoms with van der Waals surface area (Å²) in [5.74, 6) is 0. The van der Waals surface area contributed by atoms with Crippen molar-refractivity contribution in [1.29, 1.82) is 0 Å². The Kier molecular flexibility index (Phi) is 3.66. The molecule has 0 aliphatic rings. The van der Waals surface area contributed by atoms with Crippen LogP contribution in [0.2, 0.25) is 0 Å². The molecule has 0 fully saturated rings. The minimum Gasteiger partial charge on any atom is -0.231 e. The van der Waals surface area contributed by atoms with E-state index in [9.17, 15) is 0 Å². The second-order valence-corrected chi connectivity index (χ2v) is 6.26. The molecule has 0 aliphatic heterocycles. The molecule has 0 radical (unpaired) electrons. The standard InChI is InChI=1S/C19H20O2/c1-19(2,3)21-20-13-16-9-6-8-15-12-11-14-7-4-5-10-17(14)18(15)16/h4-12H,13H2,1-3H3. The van der Waals surface area contributed by atoms with Crippen LogP contribution in [-0.4, -0.2) is 5.60 Å². The van der Waals surface area contributed by atoms with Crippen molar-refractivity contribution in [3.05, 3.63) is 60.2 Å². The van der Waals surface area contributed by atoms with Crippen LogP contribution >= 0.6 is 0 Å². The van der Waals surface area contributed by atoms with Crippen molar-refractivity contribution in [1.82, 2.24) is 0 Å². The summed E-state index contributed by atoms with van der Waals surface area (Å²) >= 11 is 0. The highest BCUT2D eigenvalue weighted by molar-refractivity contribution is 6.09. The van der Waals surface area contributed by atoms with Crippen LogP contribution in [0.3, 0.4) is 0 Å². The van der Waals surface area contributed by atoms with Crippen LogP contribution < -0.4 is 0 Å². The van der Waals surface area contributed by atoms with Crippen molar-refractivity contribution in [3.8, 4) is 0 Å². The van der Waals surface area contributed by atoms with Gasteiger partial charge in [0.15, 0.2) is 0 Å². The van der Waals surface area contributed by atoms with E-state index in [2.05, 4.69) is 54.6 Å². The normalized spacial score (nSPS) is 12.1. The fourth-order valence-electron chi connectivity index (χ4n) is 2.53. The van der Waals surface area contributed by atoms with Crippen LogP contribution in [0.5, 0.6) is 0 Å². The molecule has 2 nitrogen and oxygen atoms in total. The number of fused-ring (bicyclic) bond motifs is 3. The van der Waals surface area contributed by atoms with Gasteiger partial charge in [0.1, 0.15) is 6.61 Å². The van der Waals surface area contributed by atoms with Crippen LogP contribution in [0.4, 0.5) is 0 Å². The van der Waals surface area contributed by atoms with Crippen LogP contribution in [0.15, 0.2) is 54.6 Å². The Bertz CT molecular complexity index is 769. The van der Waals surface area contributed by atoms with Gasteiger partial charge in [-0.05, 0) is 47.9 Å². The maximum Gasteiger partial charge on any atom is 0.108 e. The highest BCUT2D eigenvalue weighted by Crippen LogP contribution is 2.29. The zero-order valence-electron chi connectivity index (χ0n) is 12.7. The molecular weight excluding hydrogens is 260 g/mol. The predicted octanol–water partition coefficient (Wildman–Crippen LogP) is 5.24. The number of benzene rings is 3. The molecule has 0 bridgehead atoms. The van der Waals surface area contributed by atoms with Gasteiger partial charge in [-0.25, -0.2) is 9.78 Å². The van der Waals surface area contributed by atoms with E-state index in [0.29, 0.717) is 6.61 Å². The number of hydrogen-bond donors (Lipinski definition) is 0. The Morgan fingerprint density at radius 3 is 2.33 bits per heavy atom. The molecule has 0 heterocycles. The summed E-state index contributed by atoms with van der Waals surface area (Å²) in [6.07, 6.45) is 0. The molecule has 0 unspecified atom stereocenters. The molecule has 3 aromatic rings. The van der Waals surface area contributed by atoms with E-state index in [1.54, 1.807) is 0 Å². The van der Waals surface area contributed by atoms with Gasteiger partial charge in [-0.2, -0.15) is 0 Å². The fraction of sp³-hybridized carbons (Fsp3) is 0.263. The van der Waals surface area contributed by atoms with Gasteiger partial charge < -0.3 is 0 Å². The summed E-state index contributed by atoms with van der Waals surface area (Å²) in [7, 11) is 0. The Balaban J connectivity index is 2.04. The van der Waals surface area contributed by atoms with Gasteiger partial charge in [-0.15, -0.1) is 0 Å². The van der Waals surface area contributed by atoms with E-state index >= 15 is 0 Å². The van der Waals surface area contributed by atoms with Crippen LogP contribution in [0.1, 0.15) is 26.3 Å². The molecule has 2 heteroatoms. The van der Waals surface area contributed by atoms with E-state index in [0.717, 1.165) is 5.56 Å². The lowest BCUT2D eigenvalue weighted by Crippen LogP contribution is -2.19. The van der Waals surface area contributed by atoms with Crippen molar-refractivity contribution < 1.29 is 9.78 Å². The second-order valence-electron chi connectivity index (χ2n) is 6.26. The summed E-state index contributed by atoms with van der Waals surface area (Å²) < 4.78 is 0. The molecule has 108 valence electrons. The summed E-state index contributed by atoms with van der Waals surface area (Å²) in [4.78, 5) is 10.8. The van der Waals surface area contributed by atoms with Crippen LogP contribution in [0.25, 0.3) is 21.5 Å². The maximum atomic E-state index is 5.44.